The first kappa shape index (κ1) is 13.8. The molecule has 0 aromatic heterocycles. The van der Waals surface area contributed by atoms with Crippen molar-refractivity contribution in [2.45, 2.75) is 31.4 Å². The molecule has 19 heavy (non-hydrogen) atoms. The van der Waals surface area contributed by atoms with Gasteiger partial charge >= 0.3 is 5.97 Å². The van der Waals surface area contributed by atoms with Gasteiger partial charge in [-0.15, -0.1) is 0 Å². The second kappa shape index (κ2) is 5.56. The Hall–Kier alpha value is -1.63. The molecule has 0 aliphatic carbocycles. The molecule has 1 amide bonds. The van der Waals surface area contributed by atoms with E-state index in [0.29, 0.717) is 0 Å². The highest BCUT2D eigenvalue weighted by molar-refractivity contribution is 6.36. The van der Waals surface area contributed by atoms with Gasteiger partial charge in [-0.1, -0.05) is 5.16 Å². The van der Waals surface area contributed by atoms with E-state index in [-0.39, 0.29) is 24.1 Å². The Balaban J connectivity index is 1.88. The molecular weight excluding hydrogens is 250 g/mol. The van der Waals surface area contributed by atoms with Gasteiger partial charge in [0.2, 0.25) is 6.10 Å². The van der Waals surface area contributed by atoms with Crippen molar-refractivity contribution in [1.29, 1.82) is 0 Å². The molecule has 1 atom stereocenters. The smallest absolute Gasteiger partial charge is 0.353 e. The van der Waals surface area contributed by atoms with Crippen LogP contribution in [0.2, 0.25) is 0 Å². The Morgan fingerprint density at radius 1 is 1.42 bits per heavy atom. The van der Waals surface area contributed by atoms with Gasteiger partial charge in [0, 0.05) is 19.5 Å². The molecule has 7 nitrogen and oxygen atoms in total. The molecule has 1 unspecified atom stereocenters. The average molecular weight is 269 g/mol. The SMILES string of the molecule is CN1CCC(N(C)C(=O)C2CC(C(=O)O)=NO2)CC1. The van der Waals surface area contributed by atoms with Gasteiger partial charge < -0.3 is 19.7 Å². The first-order chi connectivity index (χ1) is 8.99. The van der Waals surface area contributed by atoms with Gasteiger partial charge in [-0.3, -0.25) is 4.79 Å². The molecule has 7 heteroatoms. The zero-order chi connectivity index (χ0) is 14.0. The van der Waals surface area contributed by atoms with Crippen molar-refractivity contribution in [2.75, 3.05) is 27.2 Å². The van der Waals surface area contributed by atoms with Crippen molar-refractivity contribution in [1.82, 2.24) is 9.80 Å². The molecule has 106 valence electrons. The zero-order valence-electron chi connectivity index (χ0n) is 11.2. The Kier molecular flexibility index (Phi) is 4.04. The predicted octanol–water partition coefficient (Wildman–Crippen LogP) is -0.231. The van der Waals surface area contributed by atoms with Crippen LogP contribution in [0.25, 0.3) is 0 Å². The highest BCUT2D eigenvalue weighted by Crippen LogP contribution is 2.19. The number of nitrogens with zero attached hydrogens (tertiary/aromatic N) is 3. The summed E-state index contributed by atoms with van der Waals surface area (Å²) in [7, 11) is 3.81. The number of carbonyl (C=O) groups is 2. The number of likely N-dealkylation sites (N-methyl/N-ethyl adjacent to an activating group) is 1. The van der Waals surface area contributed by atoms with E-state index in [0.717, 1.165) is 25.9 Å². The molecule has 0 radical (unpaired) electrons. The van der Waals surface area contributed by atoms with Crippen molar-refractivity contribution in [2.24, 2.45) is 5.16 Å². The number of carbonyl (C=O) groups excluding carboxylic acids is 1. The minimum Gasteiger partial charge on any atom is -0.477 e. The van der Waals surface area contributed by atoms with Crippen molar-refractivity contribution >= 4 is 17.6 Å². The van der Waals surface area contributed by atoms with Crippen LogP contribution in [0.5, 0.6) is 0 Å². The first-order valence-corrected chi connectivity index (χ1v) is 6.40. The van der Waals surface area contributed by atoms with Crippen LogP contribution in [-0.2, 0) is 14.4 Å². The summed E-state index contributed by atoms with van der Waals surface area (Å²) >= 11 is 0. The fourth-order valence-electron chi connectivity index (χ4n) is 2.43. The molecular formula is C12H19N3O4. The lowest BCUT2D eigenvalue weighted by Gasteiger charge is -2.35. The molecule has 2 aliphatic heterocycles. The number of likely N-dealkylation sites (tertiary alicyclic amines) is 1. The van der Waals surface area contributed by atoms with Crippen LogP contribution in [0.3, 0.4) is 0 Å². The van der Waals surface area contributed by atoms with E-state index in [2.05, 4.69) is 17.1 Å². The molecule has 2 heterocycles. The number of rotatable bonds is 3. The molecule has 0 bridgehead atoms. The van der Waals surface area contributed by atoms with E-state index in [1.54, 1.807) is 11.9 Å². The number of carboxylic acid groups (broad SMARTS) is 1. The zero-order valence-corrected chi connectivity index (χ0v) is 11.2. The standard InChI is InChI=1S/C12H19N3O4/c1-14-5-3-8(4-6-14)15(2)11(16)10-7-9(12(17)18)13-19-10/h8,10H,3-7H2,1-2H3,(H,17,18). The Bertz CT molecular complexity index is 402. The van der Waals surface area contributed by atoms with Gasteiger partial charge in [-0.05, 0) is 33.0 Å². The summed E-state index contributed by atoms with van der Waals surface area (Å²) in [5, 5.41) is 12.2. The number of carboxylic acids is 1. The van der Waals surface area contributed by atoms with Crippen LogP contribution in [0, 0.1) is 0 Å². The largest absolute Gasteiger partial charge is 0.477 e. The summed E-state index contributed by atoms with van der Waals surface area (Å²) in [5.74, 6) is -1.31. The lowest BCUT2D eigenvalue weighted by atomic mass is 10.0. The van der Waals surface area contributed by atoms with Crippen molar-refractivity contribution in [3.63, 3.8) is 0 Å². The third-order valence-electron chi connectivity index (χ3n) is 3.77. The van der Waals surface area contributed by atoms with Crippen molar-refractivity contribution in [3.8, 4) is 0 Å². The van der Waals surface area contributed by atoms with E-state index in [1.165, 1.54) is 0 Å². The average Bonchev–Trinajstić information content (AvgIpc) is 2.87. The molecule has 0 aromatic carbocycles. The summed E-state index contributed by atoms with van der Waals surface area (Å²) in [6, 6.07) is 0.196. The van der Waals surface area contributed by atoms with E-state index in [9.17, 15) is 9.59 Å². The van der Waals surface area contributed by atoms with E-state index in [1.807, 2.05) is 0 Å². The maximum absolute atomic E-state index is 12.2. The number of amides is 1. The fraction of sp³-hybridized carbons (Fsp3) is 0.750. The highest BCUT2D eigenvalue weighted by atomic mass is 16.6. The van der Waals surface area contributed by atoms with E-state index < -0.39 is 12.1 Å². The van der Waals surface area contributed by atoms with Crippen LogP contribution in [0.4, 0.5) is 0 Å². The van der Waals surface area contributed by atoms with Crippen molar-refractivity contribution in [3.05, 3.63) is 0 Å². The quantitative estimate of drug-likeness (QED) is 0.765. The number of oxime groups is 1. The number of aliphatic carboxylic acids is 1. The molecule has 0 aromatic rings. The molecule has 2 rings (SSSR count). The molecule has 0 spiro atoms. The second-order valence-corrected chi connectivity index (χ2v) is 5.12. The number of hydrogen-bond acceptors (Lipinski definition) is 5. The highest BCUT2D eigenvalue weighted by Gasteiger charge is 2.35. The Labute approximate surface area is 111 Å². The van der Waals surface area contributed by atoms with Crippen molar-refractivity contribution < 1.29 is 19.5 Å². The van der Waals surface area contributed by atoms with Gasteiger partial charge in [0.1, 0.15) is 0 Å². The molecule has 1 fully saturated rings. The van der Waals surface area contributed by atoms with Crippen LogP contribution in [-0.4, -0.2) is 71.8 Å². The lowest BCUT2D eigenvalue weighted by molar-refractivity contribution is -0.143. The summed E-state index contributed by atoms with van der Waals surface area (Å²) in [6.45, 7) is 1.93. The van der Waals surface area contributed by atoms with Crippen LogP contribution >= 0.6 is 0 Å². The molecule has 2 aliphatic rings. The van der Waals surface area contributed by atoms with Crippen LogP contribution in [0.1, 0.15) is 19.3 Å². The van der Waals surface area contributed by atoms with Gasteiger partial charge in [-0.25, -0.2) is 4.79 Å². The third kappa shape index (κ3) is 3.04. The fourth-order valence-corrected chi connectivity index (χ4v) is 2.43. The Morgan fingerprint density at radius 2 is 2.05 bits per heavy atom. The van der Waals surface area contributed by atoms with Gasteiger partial charge in [0.25, 0.3) is 5.91 Å². The number of piperidine rings is 1. The summed E-state index contributed by atoms with van der Waals surface area (Å²) < 4.78 is 0. The lowest BCUT2D eigenvalue weighted by Crippen LogP contribution is -2.47. The minimum atomic E-state index is -1.13. The van der Waals surface area contributed by atoms with Gasteiger partial charge in [0.05, 0.1) is 0 Å². The summed E-state index contributed by atoms with van der Waals surface area (Å²) in [4.78, 5) is 31.8. The summed E-state index contributed by atoms with van der Waals surface area (Å²) in [6.07, 6.45) is 1.12. The van der Waals surface area contributed by atoms with Gasteiger partial charge in [-0.2, -0.15) is 0 Å². The van der Waals surface area contributed by atoms with E-state index in [4.69, 9.17) is 9.94 Å². The summed E-state index contributed by atoms with van der Waals surface area (Å²) in [5.41, 5.74) is -0.0878. The molecule has 1 N–H and O–H groups in total. The van der Waals surface area contributed by atoms with Gasteiger partial charge in [0.15, 0.2) is 5.71 Å². The maximum Gasteiger partial charge on any atom is 0.353 e. The monoisotopic (exact) mass is 269 g/mol. The van der Waals surface area contributed by atoms with Crippen LogP contribution in [0.15, 0.2) is 5.16 Å². The Morgan fingerprint density at radius 3 is 2.58 bits per heavy atom. The molecule has 1 saturated heterocycles. The topological polar surface area (TPSA) is 82.4 Å². The minimum absolute atomic E-state index is 0.0468. The first-order valence-electron chi connectivity index (χ1n) is 6.40. The normalized spacial score (nSPS) is 24.7. The molecule has 0 saturated carbocycles. The van der Waals surface area contributed by atoms with E-state index >= 15 is 0 Å². The predicted molar refractivity (Wildman–Crippen MR) is 67.8 cm³/mol. The third-order valence-corrected chi connectivity index (χ3v) is 3.77. The van der Waals surface area contributed by atoms with Crippen LogP contribution < -0.4 is 0 Å². The number of hydrogen-bond donors (Lipinski definition) is 1. The maximum atomic E-state index is 12.2. The second-order valence-electron chi connectivity index (χ2n) is 5.12.